The summed E-state index contributed by atoms with van der Waals surface area (Å²) in [5, 5.41) is 22.7. The maximum absolute atomic E-state index is 13.9. The number of hydrogen-bond donors (Lipinski definition) is 4. The van der Waals surface area contributed by atoms with Gasteiger partial charge in [-0.25, -0.2) is 9.59 Å². The van der Waals surface area contributed by atoms with Crippen LogP contribution in [0.15, 0.2) is 78.5 Å². The molecule has 6 rings (SSSR count). The zero-order valence-electron chi connectivity index (χ0n) is 36.5. The number of piperazine rings is 1. The van der Waals surface area contributed by atoms with Gasteiger partial charge in [0.05, 0.1) is 0 Å². The summed E-state index contributed by atoms with van der Waals surface area (Å²) in [5.41, 5.74) is 5.34. The van der Waals surface area contributed by atoms with Crippen molar-refractivity contribution in [2.24, 2.45) is 5.92 Å². The molecule has 62 heavy (non-hydrogen) atoms. The molecule has 0 spiro atoms. The monoisotopic (exact) mass is 847 g/mol. The van der Waals surface area contributed by atoms with Gasteiger partial charge >= 0.3 is 12.2 Å². The zero-order chi connectivity index (χ0) is 44.6. The van der Waals surface area contributed by atoms with E-state index in [9.17, 15) is 24.0 Å². The van der Waals surface area contributed by atoms with E-state index in [-0.39, 0.29) is 36.2 Å². The summed E-state index contributed by atoms with van der Waals surface area (Å²) in [4.78, 5) is 69.1. The van der Waals surface area contributed by atoms with Gasteiger partial charge in [-0.3, -0.25) is 19.7 Å². The Labute approximate surface area is 362 Å². The fourth-order valence-corrected chi connectivity index (χ4v) is 7.36. The number of amides is 5. The van der Waals surface area contributed by atoms with Crippen molar-refractivity contribution in [2.75, 3.05) is 31.5 Å². The highest BCUT2D eigenvalue weighted by atomic mass is 16.6. The number of nitrogens with one attached hydrogen (secondary N) is 4. The van der Waals surface area contributed by atoms with Gasteiger partial charge in [0.1, 0.15) is 17.2 Å². The minimum absolute atomic E-state index is 0.0894. The molecule has 1 atom stereocenters. The summed E-state index contributed by atoms with van der Waals surface area (Å²) in [5.74, 6) is -0.540. The van der Waals surface area contributed by atoms with Gasteiger partial charge in [-0.05, 0) is 138 Å². The molecule has 1 aromatic heterocycles. The fraction of sp³-hybridized carbons (Fsp3) is 0.435. The lowest BCUT2D eigenvalue weighted by atomic mass is 9.85. The molecule has 1 aliphatic carbocycles. The number of nitrogens with zero attached hydrogens (tertiary/aromatic N) is 5. The molecule has 5 amide bonds. The number of alkyl carbamates (subject to hydrolysis) is 1. The molecule has 2 aliphatic rings. The number of aromatic nitrogens is 4. The Balaban J connectivity index is 1.10. The molecule has 4 aromatic rings. The summed E-state index contributed by atoms with van der Waals surface area (Å²) >= 11 is 0. The Hall–Kier alpha value is -6.58. The lowest BCUT2D eigenvalue weighted by Gasteiger charge is -2.35. The number of H-pyrrole nitrogens is 1. The van der Waals surface area contributed by atoms with E-state index in [1.165, 1.54) is 0 Å². The number of aromatic amines is 1. The number of aryl methyl sites for hydroxylation is 1. The third kappa shape index (κ3) is 12.5. The van der Waals surface area contributed by atoms with Crippen LogP contribution in [0, 0.1) is 12.8 Å². The van der Waals surface area contributed by atoms with E-state index in [1.54, 1.807) is 61.0 Å². The van der Waals surface area contributed by atoms with E-state index in [0.717, 1.165) is 33.4 Å². The minimum atomic E-state index is -0.881. The SMILES string of the molecule is Cc1cc(C(=O)N2CCN(C(=O)OC(C)(C)C)CC2)ccc1-c1ccc(C[C@H](NC(=O)C2CCC(=CNC(=O)OC(C)(C)C)CC2)C(=O)Nc2ccc(-c3nn[nH]n3)cc2)cc1. The first kappa shape index (κ1) is 45.0. The Kier molecular flexibility index (Phi) is 14.1. The summed E-state index contributed by atoms with van der Waals surface area (Å²) < 4.78 is 10.8. The van der Waals surface area contributed by atoms with Crippen molar-refractivity contribution in [3.05, 3.63) is 95.2 Å². The highest BCUT2D eigenvalue weighted by Gasteiger charge is 2.30. The van der Waals surface area contributed by atoms with Gasteiger partial charge < -0.3 is 29.9 Å². The molecule has 0 bridgehead atoms. The van der Waals surface area contributed by atoms with Crippen LogP contribution in [0.3, 0.4) is 0 Å². The molecule has 4 N–H and O–H groups in total. The Morgan fingerprint density at radius 2 is 1.45 bits per heavy atom. The summed E-state index contributed by atoms with van der Waals surface area (Å²) in [6.45, 7) is 14.5. The third-order valence-corrected chi connectivity index (χ3v) is 10.6. The molecule has 2 heterocycles. The first-order valence-electron chi connectivity index (χ1n) is 21.0. The van der Waals surface area contributed by atoms with Gasteiger partial charge in [0.25, 0.3) is 5.91 Å². The van der Waals surface area contributed by atoms with Gasteiger partial charge in [-0.1, -0.05) is 35.9 Å². The van der Waals surface area contributed by atoms with E-state index in [2.05, 4.69) is 36.6 Å². The first-order chi connectivity index (χ1) is 29.4. The average Bonchev–Trinajstić information content (AvgIpc) is 3.77. The van der Waals surface area contributed by atoms with Crippen molar-refractivity contribution < 1.29 is 33.4 Å². The molecular weight excluding hydrogens is 791 g/mol. The summed E-state index contributed by atoms with van der Waals surface area (Å²) in [6, 6.07) is 19.6. The van der Waals surface area contributed by atoms with Crippen molar-refractivity contribution in [1.29, 1.82) is 0 Å². The van der Waals surface area contributed by atoms with Gasteiger partial charge in [-0.15, -0.1) is 10.2 Å². The van der Waals surface area contributed by atoms with E-state index >= 15 is 0 Å². The number of anilines is 1. The van der Waals surface area contributed by atoms with Crippen molar-refractivity contribution in [3.8, 4) is 22.5 Å². The van der Waals surface area contributed by atoms with E-state index in [1.807, 2.05) is 70.2 Å². The number of tetrazole rings is 1. The predicted octanol–water partition coefficient (Wildman–Crippen LogP) is 6.80. The summed E-state index contributed by atoms with van der Waals surface area (Å²) in [6.07, 6.45) is 3.40. The van der Waals surface area contributed by atoms with Crippen molar-refractivity contribution >= 4 is 35.6 Å². The van der Waals surface area contributed by atoms with Crippen LogP contribution in [0.25, 0.3) is 22.5 Å². The fourth-order valence-electron chi connectivity index (χ4n) is 7.36. The van der Waals surface area contributed by atoms with Gasteiger partial charge in [0.15, 0.2) is 0 Å². The molecule has 328 valence electrons. The number of rotatable bonds is 10. The molecule has 16 heteroatoms. The molecule has 1 saturated carbocycles. The third-order valence-electron chi connectivity index (χ3n) is 10.6. The van der Waals surface area contributed by atoms with Crippen LogP contribution in [0.1, 0.15) is 88.7 Å². The molecule has 16 nitrogen and oxygen atoms in total. The van der Waals surface area contributed by atoms with Gasteiger partial charge in [-0.2, -0.15) is 5.21 Å². The standard InChI is InChI=1S/C46H57N9O7/c1-29-26-35(42(58)54-22-24-55(25-23-54)44(60)62-46(5,6)7)18-21-37(29)32-12-8-30(9-13-32)27-38(41(57)48-36-19-16-33(17-20-36)39-50-52-53-51-39)49-40(56)34-14-10-31(11-15-34)28-47-43(59)61-45(2,3)4/h8-9,12-13,16-21,26,28,34,38H,10-11,14-15,22-25,27H2,1-7H3,(H,47,59)(H,48,57)(H,49,56)(H,50,51,52,53)/t34?,38-/m0/s1. The average molecular weight is 848 g/mol. The van der Waals surface area contributed by atoms with Crippen LogP contribution in [0.5, 0.6) is 0 Å². The molecule has 3 aromatic carbocycles. The number of carbonyl (C=O) groups is 5. The molecule has 0 unspecified atom stereocenters. The second-order valence-corrected chi connectivity index (χ2v) is 17.8. The highest BCUT2D eigenvalue weighted by Crippen LogP contribution is 2.29. The van der Waals surface area contributed by atoms with E-state index < -0.39 is 23.3 Å². The number of allylic oxidation sites excluding steroid dienone is 1. The van der Waals surface area contributed by atoms with Crippen LogP contribution < -0.4 is 16.0 Å². The minimum Gasteiger partial charge on any atom is -0.444 e. The van der Waals surface area contributed by atoms with Crippen molar-refractivity contribution in [2.45, 2.75) is 97.8 Å². The molecule has 2 fully saturated rings. The quantitative estimate of drug-likeness (QED) is 0.132. The molecule has 1 saturated heterocycles. The van der Waals surface area contributed by atoms with E-state index in [4.69, 9.17) is 9.47 Å². The predicted molar refractivity (Wildman–Crippen MR) is 234 cm³/mol. The van der Waals surface area contributed by atoms with Gasteiger partial charge in [0.2, 0.25) is 17.6 Å². The van der Waals surface area contributed by atoms with Crippen molar-refractivity contribution in [1.82, 2.24) is 41.1 Å². The maximum Gasteiger partial charge on any atom is 0.411 e. The Morgan fingerprint density at radius 3 is 2.05 bits per heavy atom. The zero-order valence-corrected chi connectivity index (χ0v) is 36.5. The number of benzene rings is 3. The van der Waals surface area contributed by atoms with Crippen LogP contribution in [0.2, 0.25) is 0 Å². The lowest BCUT2D eigenvalue weighted by Crippen LogP contribution is -2.51. The second-order valence-electron chi connectivity index (χ2n) is 17.8. The normalized spacial score (nSPS) is 16.2. The number of hydrogen-bond acceptors (Lipinski definition) is 10. The Bertz CT molecular complexity index is 2240. The van der Waals surface area contributed by atoms with Crippen LogP contribution in [-0.4, -0.2) is 104 Å². The largest absolute Gasteiger partial charge is 0.444 e. The van der Waals surface area contributed by atoms with E-state index in [0.29, 0.717) is 68.9 Å². The Morgan fingerprint density at radius 1 is 0.823 bits per heavy atom. The first-order valence-corrected chi connectivity index (χ1v) is 21.0. The summed E-state index contributed by atoms with van der Waals surface area (Å²) in [7, 11) is 0. The van der Waals surface area contributed by atoms with Crippen LogP contribution in [-0.2, 0) is 25.5 Å². The molecular formula is C46H57N9O7. The van der Waals surface area contributed by atoms with Crippen molar-refractivity contribution in [3.63, 3.8) is 0 Å². The van der Waals surface area contributed by atoms with Crippen LogP contribution in [0.4, 0.5) is 15.3 Å². The number of carbonyl (C=O) groups excluding carboxylic acids is 5. The molecule has 0 radical (unpaired) electrons. The molecule has 1 aliphatic heterocycles. The highest BCUT2D eigenvalue weighted by molar-refractivity contribution is 5.98. The van der Waals surface area contributed by atoms with Crippen LogP contribution >= 0.6 is 0 Å². The maximum atomic E-state index is 13.9. The number of ether oxygens (including phenoxy) is 2. The lowest BCUT2D eigenvalue weighted by molar-refractivity contribution is -0.129. The van der Waals surface area contributed by atoms with Gasteiger partial charge in [0, 0.05) is 61.5 Å². The second kappa shape index (κ2) is 19.4. The smallest absolute Gasteiger partial charge is 0.411 e. The topological polar surface area (TPSA) is 201 Å².